The molecule has 5 heteroatoms. The first-order valence-corrected chi connectivity index (χ1v) is 6.45. The Labute approximate surface area is 108 Å². The molecule has 1 fully saturated rings. The first-order chi connectivity index (χ1) is 7.97. The maximum absolute atomic E-state index is 10.8. The highest BCUT2D eigenvalue weighted by Crippen LogP contribution is 2.34. The molecule has 1 saturated carbocycles. The van der Waals surface area contributed by atoms with Crippen molar-refractivity contribution < 1.29 is 9.66 Å². The molecule has 0 atom stereocenters. The van der Waals surface area contributed by atoms with E-state index in [-0.39, 0.29) is 16.7 Å². The molecule has 0 saturated heterocycles. The van der Waals surface area contributed by atoms with Gasteiger partial charge in [0, 0.05) is 10.4 Å². The molecule has 0 radical (unpaired) electrons. The fraction of sp³-hybridized carbons (Fsp3) is 0.500. The lowest BCUT2D eigenvalue weighted by Gasteiger charge is -2.32. The van der Waals surface area contributed by atoms with Crippen molar-refractivity contribution in [3.05, 3.63) is 33.4 Å². The van der Waals surface area contributed by atoms with Gasteiger partial charge >= 0.3 is 0 Å². The SMILES string of the molecule is Cc1cc(C)c([N+](=O)[O-])cc1OC1CC(Br)C1. The molecule has 0 heterocycles. The normalized spacial score (nSPS) is 23.0. The van der Waals surface area contributed by atoms with Crippen LogP contribution in [0.15, 0.2) is 12.1 Å². The zero-order valence-electron chi connectivity index (χ0n) is 9.77. The predicted molar refractivity (Wildman–Crippen MR) is 68.9 cm³/mol. The minimum atomic E-state index is -0.365. The summed E-state index contributed by atoms with van der Waals surface area (Å²) in [6.45, 7) is 3.66. The molecule has 0 aliphatic heterocycles. The Kier molecular flexibility index (Phi) is 3.38. The van der Waals surface area contributed by atoms with Crippen molar-refractivity contribution in [2.45, 2.75) is 37.6 Å². The van der Waals surface area contributed by atoms with Gasteiger partial charge in [0.15, 0.2) is 0 Å². The van der Waals surface area contributed by atoms with Crippen LogP contribution in [-0.2, 0) is 0 Å². The van der Waals surface area contributed by atoms with E-state index >= 15 is 0 Å². The molecule has 0 spiro atoms. The summed E-state index contributed by atoms with van der Waals surface area (Å²) in [5, 5.41) is 10.8. The van der Waals surface area contributed by atoms with E-state index in [1.54, 1.807) is 13.0 Å². The van der Waals surface area contributed by atoms with Crippen molar-refractivity contribution >= 4 is 21.6 Å². The van der Waals surface area contributed by atoms with Crippen molar-refractivity contribution in [2.75, 3.05) is 0 Å². The number of alkyl halides is 1. The Bertz CT molecular complexity index is 455. The molecule has 0 unspecified atom stereocenters. The maximum atomic E-state index is 10.8. The summed E-state index contributed by atoms with van der Waals surface area (Å²) >= 11 is 3.49. The monoisotopic (exact) mass is 299 g/mol. The standard InChI is InChI=1S/C12H14BrNO3/c1-7-3-8(2)12(6-11(7)14(15)16)17-10-4-9(13)5-10/h3,6,9-10H,4-5H2,1-2H3. The third-order valence-corrected chi connectivity index (χ3v) is 3.77. The van der Waals surface area contributed by atoms with E-state index in [0.717, 1.165) is 18.4 Å². The second kappa shape index (κ2) is 4.64. The van der Waals surface area contributed by atoms with Gasteiger partial charge in [-0.15, -0.1) is 0 Å². The van der Waals surface area contributed by atoms with Gasteiger partial charge in [-0.3, -0.25) is 10.1 Å². The molecule has 2 rings (SSSR count). The first kappa shape index (κ1) is 12.4. The fourth-order valence-corrected chi connectivity index (χ4v) is 2.76. The topological polar surface area (TPSA) is 52.4 Å². The highest BCUT2D eigenvalue weighted by atomic mass is 79.9. The molecule has 0 N–H and O–H groups in total. The number of hydrogen-bond donors (Lipinski definition) is 0. The van der Waals surface area contributed by atoms with Crippen molar-refractivity contribution in [1.82, 2.24) is 0 Å². The highest BCUT2D eigenvalue weighted by molar-refractivity contribution is 9.09. The van der Waals surface area contributed by atoms with Gasteiger partial charge in [-0.05, 0) is 38.3 Å². The van der Waals surface area contributed by atoms with Crippen molar-refractivity contribution in [2.24, 2.45) is 0 Å². The van der Waals surface area contributed by atoms with Crippen LogP contribution < -0.4 is 4.74 Å². The first-order valence-electron chi connectivity index (χ1n) is 5.53. The Morgan fingerprint density at radius 3 is 2.53 bits per heavy atom. The molecule has 0 amide bonds. The number of hydrogen-bond acceptors (Lipinski definition) is 3. The molecule has 4 nitrogen and oxygen atoms in total. The van der Waals surface area contributed by atoms with E-state index in [1.807, 2.05) is 6.92 Å². The molecule has 1 aromatic rings. The number of benzene rings is 1. The van der Waals surface area contributed by atoms with E-state index in [1.165, 1.54) is 6.07 Å². The molecule has 0 aromatic heterocycles. The van der Waals surface area contributed by atoms with Crippen LogP contribution in [-0.4, -0.2) is 15.9 Å². The lowest BCUT2D eigenvalue weighted by Crippen LogP contribution is -2.34. The van der Waals surface area contributed by atoms with Crippen molar-refractivity contribution in [1.29, 1.82) is 0 Å². The van der Waals surface area contributed by atoms with Gasteiger partial charge in [-0.25, -0.2) is 0 Å². The molecule has 1 aliphatic rings. The van der Waals surface area contributed by atoms with Gasteiger partial charge in [0.2, 0.25) is 0 Å². The van der Waals surface area contributed by atoms with Crippen LogP contribution in [0.3, 0.4) is 0 Å². The van der Waals surface area contributed by atoms with Crippen LogP contribution >= 0.6 is 15.9 Å². The lowest BCUT2D eigenvalue weighted by molar-refractivity contribution is -0.385. The van der Waals surface area contributed by atoms with Crippen LogP contribution in [0, 0.1) is 24.0 Å². The Balaban J connectivity index is 2.21. The fourth-order valence-electron chi connectivity index (χ4n) is 1.92. The van der Waals surface area contributed by atoms with E-state index < -0.39 is 0 Å². The number of ether oxygens (including phenoxy) is 1. The molecule has 1 aliphatic carbocycles. The number of halogens is 1. The van der Waals surface area contributed by atoms with Gasteiger partial charge in [0.1, 0.15) is 11.9 Å². The van der Waals surface area contributed by atoms with E-state index in [0.29, 0.717) is 16.1 Å². The van der Waals surface area contributed by atoms with Crippen molar-refractivity contribution in [3.8, 4) is 5.75 Å². The van der Waals surface area contributed by atoms with Gasteiger partial charge in [0.05, 0.1) is 11.0 Å². The maximum Gasteiger partial charge on any atom is 0.276 e. The zero-order valence-corrected chi connectivity index (χ0v) is 11.4. The molecular weight excluding hydrogens is 286 g/mol. The summed E-state index contributed by atoms with van der Waals surface area (Å²) in [6.07, 6.45) is 2.10. The summed E-state index contributed by atoms with van der Waals surface area (Å²) in [5.74, 6) is 0.631. The number of nitro groups is 1. The zero-order chi connectivity index (χ0) is 12.6. The summed E-state index contributed by atoms with van der Waals surface area (Å²) in [6, 6.07) is 3.34. The summed E-state index contributed by atoms with van der Waals surface area (Å²) < 4.78 is 5.76. The summed E-state index contributed by atoms with van der Waals surface area (Å²) in [7, 11) is 0. The number of nitrogens with zero attached hydrogens (tertiary/aromatic N) is 1. The third-order valence-electron chi connectivity index (χ3n) is 3.02. The van der Waals surface area contributed by atoms with Gasteiger partial charge in [-0.2, -0.15) is 0 Å². The summed E-state index contributed by atoms with van der Waals surface area (Å²) in [4.78, 5) is 11.0. The van der Waals surface area contributed by atoms with E-state index in [4.69, 9.17) is 4.74 Å². The molecular formula is C12H14BrNO3. The average molecular weight is 300 g/mol. The Morgan fingerprint density at radius 2 is 2.00 bits per heavy atom. The molecule has 0 bridgehead atoms. The van der Waals surface area contributed by atoms with Gasteiger partial charge in [0.25, 0.3) is 5.69 Å². The molecule has 17 heavy (non-hydrogen) atoms. The minimum Gasteiger partial charge on any atom is -0.490 e. The Morgan fingerprint density at radius 1 is 1.35 bits per heavy atom. The van der Waals surface area contributed by atoms with Crippen LogP contribution in [0.4, 0.5) is 5.69 Å². The molecule has 92 valence electrons. The number of nitro benzene ring substituents is 1. The quantitative estimate of drug-likeness (QED) is 0.487. The number of aryl methyl sites for hydroxylation is 2. The van der Waals surface area contributed by atoms with Crippen molar-refractivity contribution in [3.63, 3.8) is 0 Å². The smallest absolute Gasteiger partial charge is 0.276 e. The van der Waals surface area contributed by atoms with Crippen LogP contribution in [0.25, 0.3) is 0 Å². The second-order valence-electron chi connectivity index (χ2n) is 4.47. The Hall–Kier alpha value is -1.10. The highest BCUT2D eigenvalue weighted by Gasteiger charge is 2.29. The second-order valence-corrected chi connectivity index (χ2v) is 5.76. The van der Waals surface area contributed by atoms with E-state index in [9.17, 15) is 10.1 Å². The predicted octanol–water partition coefficient (Wildman–Crippen LogP) is 3.52. The van der Waals surface area contributed by atoms with Gasteiger partial charge < -0.3 is 4.74 Å². The number of rotatable bonds is 3. The van der Waals surface area contributed by atoms with Crippen LogP contribution in [0.1, 0.15) is 24.0 Å². The average Bonchev–Trinajstić information content (AvgIpc) is 2.18. The van der Waals surface area contributed by atoms with Gasteiger partial charge in [-0.1, -0.05) is 15.9 Å². The molecule has 1 aromatic carbocycles. The van der Waals surface area contributed by atoms with Crippen LogP contribution in [0.5, 0.6) is 5.75 Å². The summed E-state index contributed by atoms with van der Waals surface area (Å²) in [5.41, 5.74) is 1.75. The van der Waals surface area contributed by atoms with E-state index in [2.05, 4.69) is 15.9 Å². The third kappa shape index (κ3) is 2.60. The largest absolute Gasteiger partial charge is 0.490 e. The lowest BCUT2D eigenvalue weighted by atomic mass is 9.95. The minimum absolute atomic E-state index is 0.125. The van der Waals surface area contributed by atoms with Crippen LogP contribution in [0.2, 0.25) is 0 Å².